The highest BCUT2D eigenvalue weighted by Gasteiger charge is 2.28. The van der Waals surface area contributed by atoms with Crippen LogP contribution in [0.4, 0.5) is 0 Å². The van der Waals surface area contributed by atoms with Crippen molar-refractivity contribution in [2.45, 2.75) is 53.4 Å². The molecule has 0 aromatic carbocycles. The van der Waals surface area contributed by atoms with Crippen molar-refractivity contribution in [2.24, 2.45) is 5.41 Å². The predicted molar refractivity (Wildman–Crippen MR) is 83.5 cm³/mol. The lowest BCUT2D eigenvalue weighted by atomic mass is 9.71. The molecule has 0 spiro atoms. The van der Waals surface area contributed by atoms with Crippen LogP contribution in [0.15, 0.2) is 11.1 Å². The highest BCUT2D eigenvalue weighted by Crippen LogP contribution is 2.41. The van der Waals surface area contributed by atoms with E-state index in [1.807, 2.05) is 0 Å². The highest BCUT2D eigenvalue weighted by molar-refractivity contribution is 5.22. The molecule has 0 aromatic rings. The summed E-state index contributed by atoms with van der Waals surface area (Å²) in [5.74, 6) is 0. The minimum absolute atomic E-state index is 0.452. The first-order valence-electron chi connectivity index (χ1n) is 8.17. The number of rotatable bonds is 4. The van der Waals surface area contributed by atoms with Gasteiger partial charge in [0.2, 0.25) is 0 Å². The van der Waals surface area contributed by atoms with Gasteiger partial charge < -0.3 is 9.80 Å². The van der Waals surface area contributed by atoms with Crippen molar-refractivity contribution in [1.29, 1.82) is 0 Å². The molecular formula is C17H32N2. The molecule has 110 valence electrons. The van der Waals surface area contributed by atoms with E-state index in [-0.39, 0.29) is 0 Å². The van der Waals surface area contributed by atoms with Crippen LogP contribution in [0.2, 0.25) is 0 Å². The van der Waals surface area contributed by atoms with Gasteiger partial charge in [-0.05, 0) is 44.6 Å². The zero-order chi connectivity index (χ0) is 13.9. The zero-order valence-electron chi connectivity index (χ0n) is 13.5. The van der Waals surface area contributed by atoms with Crippen LogP contribution in [0.3, 0.4) is 0 Å². The third-order valence-electron chi connectivity index (χ3n) is 5.28. The molecule has 2 heteroatoms. The molecule has 1 heterocycles. The summed E-state index contributed by atoms with van der Waals surface area (Å²) in [5.41, 5.74) is 3.90. The molecule has 2 nitrogen and oxygen atoms in total. The van der Waals surface area contributed by atoms with Gasteiger partial charge >= 0.3 is 0 Å². The largest absolute Gasteiger partial charge is 0.301 e. The molecule has 1 aliphatic heterocycles. The first-order chi connectivity index (χ1) is 9.03. The van der Waals surface area contributed by atoms with Crippen LogP contribution in [0, 0.1) is 5.41 Å². The van der Waals surface area contributed by atoms with Crippen LogP contribution in [-0.2, 0) is 0 Å². The van der Waals surface area contributed by atoms with Crippen LogP contribution in [0.25, 0.3) is 0 Å². The number of piperazine rings is 1. The van der Waals surface area contributed by atoms with Gasteiger partial charge in [0.15, 0.2) is 0 Å². The monoisotopic (exact) mass is 264 g/mol. The Labute approximate surface area is 119 Å². The average molecular weight is 264 g/mol. The van der Waals surface area contributed by atoms with Gasteiger partial charge in [-0.2, -0.15) is 0 Å². The Morgan fingerprint density at radius 2 is 1.68 bits per heavy atom. The van der Waals surface area contributed by atoms with Gasteiger partial charge in [0.05, 0.1) is 0 Å². The molecule has 0 unspecified atom stereocenters. The normalized spacial score (nSPS) is 25.9. The summed E-state index contributed by atoms with van der Waals surface area (Å²) in [6.07, 6.45) is 5.40. The smallest absolute Gasteiger partial charge is 0.0110 e. The van der Waals surface area contributed by atoms with Gasteiger partial charge in [-0.25, -0.2) is 0 Å². The molecule has 2 aliphatic rings. The van der Waals surface area contributed by atoms with Crippen LogP contribution >= 0.6 is 0 Å². The molecule has 1 fully saturated rings. The Balaban J connectivity index is 1.85. The zero-order valence-corrected chi connectivity index (χ0v) is 13.5. The van der Waals surface area contributed by atoms with Gasteiger partial charge in [-0.15, -0.1) is 0 Å². The fourth-order valence-corrected chi connectivity index (χ4v) is 3.83. The first-order valence-corrected chi connectivity index (χ1v) is 8.17. The molecule has 0 saturated carbocycles. The molecule has 1 saturated heterocycles. The average Bonchev–Trinajstić information content (AvgIpc) is 2.38. The van der Waals surface area contributed by atoms with E-state index in [0.717, 1.165) is 0 Å². The van der Waals surface area contributed by atoms with Crippen LogP contribution in [0.5, 0.6) is 0 Å². The Morgan fingerprint density at radius 1 is 1.05 bits per heavy atom. The maximum Gasteiger partial charge on any atom is 0.0110 e. The third-order valence-corrected chi connectivity index (χ3v) is 5.28. The van der Waals surface area contributed by atoms with Gasteiger partial charge in [0, 0.05) is 32.7 Å². The third kappa shape index (κ3) is 3.82. The summed E-state index contributed by atoms with van der Waals surface area (Å²) in [6.45, 7) is 17.1. The molecular weight excluding hydrogens is 232 g/mol. The Hall–Kier alpha value is -0.340. The quantitative estimate of drug-likeness (QED) is 0.717. The van der Waals surface area contributed by atoms with E-state index >= 15 is 0 Å². The van der Waals surface area contributed by atoms with Crippen molar-refractivity contribution in [3.05, 3.63) is 11.1 Å². The van der Waals surface area contributed by atoms with Gasteiger partial charge in [0.1, 0.15) is 0 Å². The summed E-state index contributed by atoms with van der Waals surface area (Å²) in [4.78, 5) is 5.22. The minimum atomic E-state index is 0.452. The van der Waals surface area contributed by atoms with Crippen LogP contribution < -0.4 is 0 Å². The van der Waals surface area contributed by atoms with E-state index in [4.69, 9.17) is 0 Å². The van der Waals surface area contributed by atoms with E-state index in [1.54, 1.807) is 11.1 Å². The number of nitrogens with zero attached hydrogens (tertiary/aromatic N) is 2. The highest BCUT2D eigenvalue weighted by atomic mass is 15.3. The number of allylic oxidation sites excluding steroid dienone is 1. The molecule has 2 rings (SSSR count). The summed E-state index contributed by atoms with van der Waals surface area (Å²) < 4.78 is 0. The van der Waals surface area contributed by atoms with Gasteiger partial charge in [0.25, 0.3) is 0 Å². The summed E-state index contributed by atoms with van der Waals surface area (Å²) in [5, 5.41) is 0. The Morgan fingerprint density at radius 3 is 2.26 bits per heavy atom. The lowest BCUT2D eigenvalue weighted by Crippen LogP contribution is -2.46. The minimum Gasteiger partial charge on any atom is -0.301 e. The van der Waals surface area contributed by atoms with Crippen molar-refractivity contribution in [3.63, 3.8) is 0 Å². The van der Waals surface area contributed by atoms with Crippen LogP contribution in [0.1, 0.15) is 53.4 Å². The van der Waals surface area contributed by atoms with E-state index < -0.39 is 0 Å². The van der Waals surface area contributed by atoms with Gasteiger partial charge in [-0.3, -0.25) is 0 Å². The summed E-state index contributed by atoms with van der Waals surface area (Å²) in [6, 6.07) is 0. The van der Waals surface area contributed by atoms with Crippen molar-refractivity contribution >= 4 is 0 Å². The second kappa shape index (κ2) is 6.41. The van der Waals surface area contributed by atoms with Crippen LogP contribution in [-0.4, -0.2) is 49.1 Å². The van der Waals surface area contributed by atoms with Crippen molar-refractivity contribution < 1.29 is 0 Å². The summed E-state index contributed by atoms with van der Waals surface area (Å²) >= 11 is 0. The number of hydrogen-bond acceptors (Lipinski definition) is 2. The van der Waals surface area contributed by atoms with Crippen molar-refractivity contribution in [3.8, 4) is 0 Å². The fraction of sp³-hybridized carbons (Fsp3) is 0.882. The fourth-order valence-electron chi connectivity index (χ4n) is 3.83. The molecule has 0 atom stereocenters. The number of hydrogen-bond donors (Lipinski definition) is 0. The Kier molecular flexibility index (Phi) is 5.08. The van der Waals surface area contributed by atoms with Crippen molar-refractivity contribution in [1.82, 2.24) is 9.80 Å². The van der Waals surface area contributed by atoms with E-state index in [0.29, 0.717) is 5.41 Å². The molecule has 0 amide bonds. The SMILES string of the molecule is CCN1CCN(CCC2=C(C)CCCC2(C)C)CC1. The molecule has 0 N–H and O–H groups in total. The maximum absolute atomic E-state index is 2.66. The topological polar surface area (TPSA) is 6.48 Å². The predicted octanol–water partition coefficient (Wildman–Crippen LogP) is 3.54. The van der Waals surface area contributed by atoms with E-state index in [2.05, 4.69) is 37.5 Å². The number of likely N-dealkylation sites (N-methyl/N-ethyl adjacent to an activating group) is 1. The Bertz CT molecular complexity index is 322. The first kappa shape index (κ1) is 15.1. The lowest BCUT2D eigenvalue weighted by molar-refractivity contribution is 0.136. The molecule has 0 radical (unpaired) electrons. The summed E-state index contributed by atoms with van der Waals surface area (Å²) in [7, 11) is 0. The molecule has 0 bridgehead atoms. The second-order valence-electron chi connectivity index (χ2n) is 7.02. The maximum atomic E-state index is 2.66. The molecule has 1 aliphatic carbocycles. The van der Waals surface area contributed by atoms with E-state index in [1.165, 1.54) is 65.0 Å². The standard InChI is InChI=1S/C17H32N2/c1-5-18-11-13-19(14-12-18)10-8-16-15(2)7-6-9-17(16,3)4/h5-14H2,1-4H3. The second-order valence-corrected chi connectivity index (χ2v) is 7.02. The molecule has 19 heavy (non-hydrogen) atoms. The molecule has 0 aromatic heterocycles. The van der Waals surface area contributed by atoms with E-state index in [9.17, 15) is 0 Å². The van der Waals surface area contributed by atoms with Gasteiger partial charge in [-0.1, -0.05) is 31.9 Å². The lowest BCUT2D eigenvalue weighted by Gasteiger charge is -2.38. The van der Waals surface area contributed by atoms with Crippen molar-refractivity contribution in [2.75, 3.05) is 39.3 Å².